The van der Waals surface area contributed by atoms with Gasteiger partial charge in [-0.3, -0.25) is 0 Å². The van der Waals surface area contributed by atoms with Gasteiger partial charge in [0, 0.05) is 22.5 Å². The molecule has 0 aromatic heterocycles. The molecular formula is C57H43N. The van der Waals surface area contributed by atoms with E-state index in [1.807, 2.05) is 0 Å². The van der Waals surface area contributed by atoms with Crippen LogP contribution in [0.5, 0.6) is 0 Å². The summed E-state index contributed by atoms with van der Waals surface area (Å²) in [6.07, 6.45) is 2.39. The molecule has 0 radical (unpaired) electrons. The van der Waals surface area contributed by atoms with Gasteiger partial charge in [-0.2, -0.15) is 0 Å². The van der Waals surface area contributed by atoms with Crippen LogP contribution >= 0.6 is 0 Å². The molecule has 0 N–H and O–H groups in total. The molecule has 0 heterocycles. The zero-order chi connectivity index (χ0) is 39.1. The highest BCUT2D eigenvalue weighted by Gasteiger charge is 2.35. The summed E-state index contributed by atoms with van der Waals surface area (Å²) in [5.41, 5.74) is 18.2. The molecule has 0 unspecified atom stereocenters. The van der Waals surface area contributed by atoms with Gasteiger partial charge in [-0.25, -0.2) is 0 Å². The van der Waals surface area contributed by atoms with Crippen molar-refractivity contribution < 1.29 is 0 Å². The maximum Gasteiger partial charge on any atom is 0.0462 e. The van der Waals surface area contributed by atoms with Crippen molar-refractivity contribution in [1.29, 1.82) is 0 Å². The molecule has 1 aliphatic carbocycles. The molecule has 9 aromatic carbocycles. The van der Waals surface area contributed by atoms with Crippen molar-refractivity contribution in [1.82, 2.24) is 0 Å². The third kappa shape index (κ3) is 6.51. The first-order valence-corrected chi connectivity index (χ1v) is 20.2. The third-order valence-corrected chi connectivity index (χ3v) is 11.9. The Balaban J connectivity index is 0.980. The van der Waals surface area contributed by atoms with E-state index in [0.717, 1.165) is 17.1 Å². The lowest BCUT2D eigenvalue weighted by atomic mass is 9.77. The van der Waals surface area contributed by atoms with E-state index in [-0.39, 0.29) is 5.41 Å². The number of hydrogen-bond donors (Lipinski definition) is 0. The molecule has 9 aromatic rings. The van der Waals surface area contributed by atoms with E-state index in [1.54, 1.807) is 0 Å². The van der Waals surface area contributed by atoms with Crippen molar-refractivity contribution in [3.05, 3.63) is 235 Å². The third-order valence-electron chi connectivity index (χ3n) is 11.9. The second-order valence-electron chi connectivity index (χ2n) is 15.8. The molecular weight excluding hydrogens is 699 g/mol. The van der Waals surface area contributed by atoms with E-state index in [1.165, 1.54) is 77.5 Å². The largest absolute Gasteiger partial charge is 0.311 e. The van der Waals surface area contributed by atoms with Crippen LogP contribution in [-0.4, -0.2) is 0 Å². The zero-order valence-corrected chi connectivity index (χ0v) is 32.8. The van der Waals surface area contributed by atoms with Crippen LogP contribution in [0.3, 0.4) is 0 Å². The van der Waals surface area contributed by atoms with Crippen LogP contribution in [0.15, 0.2) is 218 Å². The van der Waals surface area contributed by atoms with Gasteiger partial charge in [0.25, 0.3) is 0 Å². The van der Waals surface area contributed by atoms with Gasteiger partial charge in [0.2, 0.25) is 0 Å². The summed E-state index contributed by atoms with van der Waals surface area (Å²) in [5, 5.41) is 2.63. The Morgan fingerprint density at radius 2 is 0.655 bits per heavy atom. The van der Waals surface area contributed by atoms with Crippen LogP contribution in [0.4, 0.5) is 17.1 Å². The van der Waals surface area contributed by atoms with Crippen LogP contribution in [0.2, 0.25) is 0 Å². The van der Waals surface area contributed by atoms with Gasteiger partial charge < -0.3 is 4.90 Å². The highest BCUT2D eigenvalue weighted by Crippen LogP contribution is 2.49. The lowest BCUT2D eigenvalue weighted by molar-refractivity contribution is 0.711. The van der Waals surface area contributed by atoms with Crippen molar-refractivity contribution in [3.63, 3.8) is 0 Å². The summed E-state index contributed by atoms with van der Waals surface area (Å²) in [6.45, 7) is 4.73. The Kier molecular flexibility index (Phi) is 8.92. The van der Waals surface area contributed by atoms with Crippen LogP contribution < -0.4 is 4.90 Å². The smallest absolute Gasteiger partial charge is 0.0462 e. The fraction of sp³-hybridized carbons (Fsp3) is 0.0526. The van der Waals surface area contributed by atoms with Gasteiger partial charge in [-0.05, 0) is 120 Å². The highest BCUT2D eigenvalue weighted by molar-refractivity contribution is 6.02. The molecule has 0 atom stereocenters. The zero-order valence-electron chi connectivity index (χ0n) is 32.8. The molecule has 1 nitrogen and oxygen atoms in total. The highest BCUT2D eigenvalue weighted by atomic mass is 15.1. The van der Waals surface area contributed by atoms with Crippen LogP contribution in [0, 0.1) is 0 Å². The second-order valence-corrected chi connectivity index (χ2v) is 15.8. The van der Waals surface area contributed by atoms with Crippen LogP contribution in [0.1, 0.15) is 30.5 Å². The number of rotatable bonds is 8. The molecule has 276 valence electrons. The summed E-state index contributed by atoms with van der Waals surface area (Å²) in [7, 11) is 0. The first kappa shape index (κ1) is 35.2. The Bertz CT molecular complexity index is 2760. The number of fused-ring (bicyclic) bond motifs is 3. The van der Waals surface area contributed by atoms with Gasteiger partial charge in [0.1, 0.15) is 0 Å². The Hall–Kier alpha value is -7.22. The number of benzene rings is 9. The van der Waals surface area contributed by atoms with E-state index in [4.69, 9.17) is 0 Å². The Labute approximate surface area is 341 Å². The number of anilines is 3. The molecule has 10 rings (SSSR count). The van der Waals surface area contributed by atoms with Crippen molar-refractivity contribution in [3.8, 4) is 44.5 Å². The Morgan fingerprint density at radius 3 is 1.09 bits per heavy atom. The van der Waals surface area contributed by atoms with E-state index in [2.05, 4.69) is 243 Å². The van der Waals surface area contributed by atoms with E-state index in [9.17, 15) is 0 Å². The molecule has 0 saturated heterocycles. The minimum Gasteiger partial charge on any atom is -0.311 e. The molecule has 58 heavy (non-hydrogen) atoms. The average Bonchev–Trinajstić information content (AvgIpc) is 3.58. The molecule has 0 saturated carbocycles. The van der Waals surface area contributed by atoms with E-state index < -0.39 is 0 Å². The normalized spacial score (nSPS) is 12.9. The molecule has 0 fully saturated rings. The average molecular weight is 742 g/mol. The maximum absolute atomic E-state index is 2.39. The van der Waals surface area contributed by atoms with Gasteiger partial charge >= 0.3 is 0 Å². The standard InChI is InChI=1S/C57H43N/c1-57(2)55(39-50-26-25-48-15-9-10-16-54(48)56(50)57)49-31-37-53(38-32-49)58(51-33-27-46(28-34-51)44-21-17-42(18-22-44)40-11-5-3-6-12-40)52-35-29-47(30-36-52)45-23-19-43(20-24-45)41-13-7-4-8-14-41/h3-39H,1-2H3. The van der Waals surface area contributed by atoms with Crippen LogP contribution in [0.25, 0.3) is 66.9 Å². The maximum atomic E-state index is 2.39. The van der Waals surface area contributed by atoms with Gasteiger partial charge in [0.05, 0.1) is 0 Å². The predicted octanol–water partition coefficient (Wildman–Crippen LogP) is 15.8. The lowest BCUT2D eigenvalue weighted by Gasteiger charge is -2.28. The fourth-order valence-corrected chi connectivity index (χ4v) is 8.84. The molecule has 1 aliphatic rings. The van der Waals surface area contributed by atoms with E-state index >= 15 is 0 Å². The van der Waals surface area contributed by atoms with Crippen molar-refractivity contribution in [2.75, 3.05) is 4.90 Å². The molecule has 0 aliphatic heterocycles. The van der Waals surface area contributed by atoms with Crippen LogP contribution in [-0.2, 0) is 5.41 Å². The summed E-state index contributed by atoms with van der Waals surface area (Å²) in [6, 6.07) is 79.2. The topological polar surface area (TPSA) is 3.24 Å². The van der Waals surface area contributed by atoms with Crippen molar-refractivity contribution >= 4 is 39.5 Å². The minimum atomic E-state index is -0.123. The van der Waals surface area contributed by atoms with E-state index in [0.29, 0.717) is 0 Å². The summed E-state index contributed by atoms with van der Waals surface area (Å²) in [5.74, 6) is 0. The second kappa shape index (κ2) is 14.7. The minimum absolute atomic E-state index is 0.123. The molecule has 0 bridgehead atoms. The summed E-state index contributed by atoms with van der Waals surface area (Å²) >= 11 is 0. The lowest BCUT2D eigenvalue weighted by Crippen LogP contribution is -2.17. The molecule has 0 amide bonds. The summed E-state index contributed by atoms with van der Waals surface area (Å²) in [4.78, 5) is 2.37. The SMILES string of the molecule is CC1(C)C(c2ccc(N(c3ccc(-c4ccc(-c5ccccc5)cc4)cc3)c3ccc(-c4ccc(-c5ccccc5)cc4)cc3)cc2)=Cc2ccc3ccccc3c21. The van der Waals surface area contributed by atoms with Gasteiger partial charge in [-0.15, -0.1) is 0 Å². The first-order valence-electron chi connectivity index (χ1n) is 20.2. The number of allylic oxidation sites excluding steroid dienone is 1. The first-order chi connectivity index (χ1) is 28.5. The van der Waals surface area contributed by atoms with Gasteiger partial charge in [0.15, 0.2) is 0 Å². The van der Waals surface area contributed by atoms with Gasteiger partial charge in [-0.1, -0.05) is 196 Å². The molecule has 0 spiro atoms. The quantitative estimate of drug-likeness (QED) is 0.150. The number of hydrogen-bond acceptors (Lipinski definition) is 1. The number of nitrogens with zero attached hydrogens (tertiary/aromatic N) is 1. The predicted molar refractivity (Wildman–Crippen MR) is 248 cm³/mol. The summed E-state index contributed by atoms with van der Waals surface area (Å²) < 4.78 is 0. The van der Waals surface area contributed by atoms with Crippen molar-refractivity contribution in [2.45, 2.75) is 19.3 Å². The van der Waals surface area contributed by atoms with Crippen molar-refractivity contribution in [2.24, 2.45) is 0 Å². The monoisotopic (exact) mass is 741 g/mol. The Morgan fingerprint density at radius 1 is 0.310 bits per heavy atom. The molecule has 1 heteroatoms. The fourth-order valence-electron chi connectivity index (χ4n) is 8.84.